The molecule has 0 saturated carbocycles. The second-order valence-electron chi connectivity index (χ2n) is 5.69. The molecular formula is C17H22N4O2S. The number of ether oxygens (including phenoxy) is 1. The molecule has 0 bridgehead atoms. The highest BCUT2D eigenvalue weighted by atomic mass is 32.2. The van der Waals surface area contributed by atoms with Crippen LogP contribution >= 0.6 is 11.8 Å². The first-order valence-corrected chi connectivity index (χ1v) is 9.07. The van der Waals surface area contributed by atoms with E-state index in [0.29, 0.717) is 0 Å². The maximum absolute atomic E-state index is 12.6. The Morgan fingerprint density at radius 2 is 1.92 bits per heavy atom. The first kappa shape index (κ1) is 16.7. The summed E-state index contributed by atoms with van der Waals surface area (Å²) < 4.78 is 6.94. The molecule has 0 aliphatic carbocycles. The largest absolute Gasteiger partial charge is 0.497 e. The molecule has 0 radical (unpaired) electrons. The summed E-state index contributed by atoms with van der Waals surface area (Å²) in [7, 11) is 3.49. The Morgan fingerprint density at radius 1 is 1.25 bits per heavy atom. The summed E-state index contributed by atoms with van der Waals surface area (Å²) in [6, 6.07) is 7.73. The Labute approximate surface area is 146 Å². The number of aromatic nitrogens is 2. The highest BCUT2D eigenvalue weighted by Gasteiger charge is 2.21. The van der Waals surface area contributed by atoms with E-state index in [2.05, 4.69) is 10.4 Å². The van der Waals surface area contributed by atoms with E-state index in [9.17, 15) is 4.79 Å². The Bertz CT molecular complexity index is 721. The van der Waals surface area contributed by atoms with Crippen molar-refractivity contribution in [1.82, 2.24) is 14.7 Å². The average molecular weight is 346 g/mol. The van der Waals surface area contributed by atoms with Gasteiger partial charge in [-0.05, 0) is 24.6 Å². The maximum Gasteiger partial charge on any atom is 0.323 e. The minimum Gasteiger partial charge on any atom is -0.497 e. The molecule has 3 rings (SSSR count). The van der Waals surface area contributed by atoms with Crippen molar-refractivity contribution in [2.24, 2.45) is 7.05 Å². The molecule has 128 valence electrons. The van der Waals surface area contributed by atoms with Crippen LogP contribution < -0.4 is 10.1 Å². The van der Waals surface area contributed by atoms with Gasteiger partial charge in [0.05, 0.1) is 12.8 Å². The number of nitrogens with one attached hydrogen (secondary N) is 1. The highest BCUT2D eigenvalue weighted by Crippen LogP contribution is 2.32. The molecule has 1 aromatic heterocycles. The fraction of sp³-hybridized carbons (Fsp3) is 0.412. The van der Waals surface area contributed by atoms with Crippen LogP contribution in [-0.2, 0) is 7.05 Å². The average Bonchev–Trinajstić information content (AvgIpc) is 2.89. The molecule has 1 aliphatic rings. The molecule has 1 aliphatic heterocycles. The van der Waals surface area contributed by atoms with Crippen LogP contribution in [0.25, 0.3) is 11.1 Å². The van der Waals surface area contributed by atoms with Crippen molar-refractivity contribution in [2.75, 3.05) is 37.0 Å². The number of hydrogen-bond acceptors (Lipinski definition) is 4. The lowest BCUT2D eigenvalue weighted by Gasteiger charge is -2.26. The Morgan fingerprint density at radius 3 is 2.54 bits per heavy atom. The topological polar surface area (TPSA) is 59.4 Å². The van der Waals surface area contributed by atoms with Crippen LogP contribution in [0.2, 0.25) is 0 Å². The molecule has 7 heteroatoms. The minimum absolute atomic E-state index is 0.0620. The van der Waals surface area contributed by atoms with Crippen molar-refractivity contribution in [3.8, 4) is 16.9 Å². The van der Waals surface area contributed by atoms with E-state index < -0.39 is 0 Å². The van der Waals surface area contributed by atoms with Gasteiger partial charge in [-0.25, -0.2) is 4.79 Å². The molecule has 0 unspecified atom stereocenters. The van der Waals surface area contributed by atoms with Crippen LogP contribution in [0.3, 0.4) is 0 Å². The monoisotopic (exact) mass is 346 g/mol. The van der Waals surface area contributed by atoms with E-state index in [0.717, 1.165) is 53.0 Å². The predicted octanol–water partition coefficient (Wildman–Crippen LogP) is 2.98. The Balaban J connectivity index is 1.88. The summed E-state index contributed by atoms with van der Waals surface area (Å²) in [6.45, 7) is 3.52. The van der Waals surface area contributed by atoms with Gasteiger partial charge in [0, 0.05) is 37.2 Å². The van der Waals surface area contributed by atoms with Gasteiger partial charge in [-0.15, -0.1) is 0 Å². The first-order chi connectivity index (χ1) is 11.6. The van der Waals surface area contributed by atoms with Crippen molar-refractivity contribution in [3.05, 3.63) is 30.0 Å². The lowest BCUT2D eigenvalue weighted by atomic mass is 10.1. The number of nitrogens with zero attached hydrogens (tertiary/aromatic N) is 3. The zero-order valence-electron chi connectivity index (χ0n) is 14.2. The SMILES string of the molecule is COc1ccc(-c2c(C)nn(C)c2NC(=O)N2CCSCC2)cc1. The number of hydrogen-bond donors (Lipinski definition) is 1. The number of carbonyl (C=O) groups excluding carboxylic acids is 1. The van der Waals surface area contributed by atoms with Gasteiger partial charge in [0.1, 0.15) is 11.6 Å². The summed E-state index contributed by atoms with van der Waals surface area (Å²) in [5.74, 6) is 3.50. The number of rotatable bonds is 3. The van der Waals surface area contributed by atoms with E-state index in [1.165, 1.54) is 0 Å². The molecular weight excluding hydrogens is 324 g/mol. The fourth-order valence-electron chi connectivity index (χ4n) is 2.85. The fourth-order valence-corrected chi connectivity index (χ4v) is 3.75. The molecule has 2 amide bonds. The van der Waals surface area contributed by atoms with Gasteiger partial charge in [0.15, 0.2) is 0 Å². The van der Waals surface area contributed by atoms with Gasteiger partial charge in [-0.1, -0.05) is 12.1 Å². The first-order valence-electron chi connectivity index (χ1n) is 7.92. The van der Waals surface area contributed by atoms with E-state index in [-0.39, 0.29) is 6.03 Å². The zero-order valence-corrected chi connectivity index (χ0v) is 15.0. The molecule has 24 heavy (non-hydrogen) atoms. The van der Waals surface area contributed by atoms with Crippen molar-refractivity contribution >= 4 is 23.6 Å². The minimum atomic E-state index is -0.0620. The van der Waals surface area contributed by atoms with Gasteiger partial charge >= 0.3 is 6.03 Å². The summed E-state index contributed by atoms with van der Waals surface area (Å²) in [5, 5.41) is 7.52. The Kier molecular flexibility index (Phi) is 4.99. The van der Waals surface area contributed by atoms with Gasteiger partial charge in [0.25, 0.3) is 0 Å². The van der Waals surface area contributed by atoms with Crippen LogP contribution in [0, 0.1) is 6.92 Å². The van der Waals surface area contributed by atoms with Crippen LogP contribution in [0.1, 0.15) is 5.69 Å². The van der Waals surface area contributed by atoms with Crippen LogP contribution in [-0.4, -0.2) is 52.4 Å². The van der Waals surface area contributed by atoms with Gasteiger partial charge in [-0.2, -0.15) is 16.9 Å². The molecule has 2 heterocycles. The Hall–Kier alpha value is -2.15. The number of urea groups is 1. The van der Waals surface area contributed by atoms with E-state index in [1.807, 2.05) is 54.9 Å². The predicted molar refractivity (Wildman–Crippen MR) is 97.8 cm³/mol. The second kappa shape index (κ2) is 7.17. The highest BCUT2D eigenvalue weighted by molar-refractivity contribution is 7.99. The lowest BCUT2D eigenvalue weighted by molar-refractivity contribution is 0.217. The third-order valence-electron chi connectivity index (χ3n) is 4.12. The number of methoxy groups -OCH3 is 1. The summed E-state index contributed by atoms with van der Waals surface area (Å²) in [4.78, 5) is 14.4. The molecule has 1 aromatic carbocycles. The number of amides is 2. The number of anilines is 1. The molecule has 0 spiro atoms. The molecule has 2 aromatic rings. The van der Waals surface area contributed by atoms with E-state index >= 15 is 0 Å². The summed E-state index contributed by atoms with van der Waals surface area (Å²) >= 11 is 1.88. The number of aryl methyl sites for hydroxylation is 2. The molecule has 1 saturated heterocycles. The van der Waals surface area contributed by atoms with Crippen LogP contribution in [0.4, 0.5) is 10.6 Å². The third kappa shape index (κ3) is 3.36. The number of benzene rings is 1. The van der Waals surface area contributed by atoms with Gasteiger partial charge < -0.3 is 9.64 Å². The van der Waals surface area contributed by atoms with Crippen molar-refractivity contribution in [3.63, 3.8) is 0 Å². The second-order valence-corrected chi connectivity index (χ2v) is 6.92. The smallest absolute Gasteiger partial charge is 0.323 e. The van der Waals surface area contributed by atoms with Crippen LogP contribution in [0.15, 0.2) is 24.3 Å². The van der Waals surface area contributed by atoms with Gasteiger partial charge in [0.2, 0.25) is 0 Å². The lowest BCUT2D eigenvalue weighted by Crippen LogP contribution is -2.41. The quantitative estimate of drug-likeness (QED) is 0.928. The van der Waals surface area contributed by atoms with E-state index in [1.54, 1.807) is 11.8 Å². The van der Waals surface area contributed by atoms with Crippen molar-refractivity contribution < 1.29 is 9.53 Å². The summed E-state index contributed by atoms with van der Waals surface area (Å²) in [5.41, 5.74) is 2.83. The normalized spacial score (nSPS) is 14.5. The third-order valence-corrected chi connectivity index (χ3v) is 5.07. The molecule has 0 atom stereocenters. The number of thioether (sulfide) groups is 1. The van der Waals surface area contributed by atoms with E-state index in [4.69, 9.17) is 4.74 Å². The zero-order chi connectivity index (χ0) is 17.1. The van der Waals surface area contributed by atoms with Crippen LogP contribution in [0.5, 0.6) is 5.75 Å². The van der Waals surface area contributed by atoms with Crippen molar-refractivity contribution in [2.45, 2.75) is 6.92 Å². The number of carbonyl (C=O) groups is 1. The molecule has 6 nitrogen and oxygen atoms in total. The molecule has 1 fully saturated rings. The standard InChI is InChI=1S/C17H22N4O2S/c1-12-15(13-4-6-14(23-3)7-5-13)16(20(2)19-12)18-17(22)21-8-10-24-11-9-21/h4-7H,8-11H2,1-3H3,(H,18,22). The maximum atomic E-state index is 12.6. The molecule has 1 N–H and O–H groups in total. The van der Waals surface area contributed by atoms with Gasteiger partial charge in [-0.3, -0.25) is 10.00 Å². The van der Waals surface area contributed by atoms with Crippen molar-refractivity contribution in [1.29, 1.82) is 0 Å². The summed E-state index contributed by atoms with van der Waals surface area (Å²) in [6.07, 6.45) is 0.